The van der Waals surface area contributed by atoms with E-state index in [0.29, 0.717) is 17.6 Å². The lowest BCUT2D eigenvalue weighted by atomic mass is 9.44. The number of esters is 1. The highest BCUT2D eigenvalue weighted by molar-refractivity contribution is 5.83. The van der Waals surface area contributed by atoms with Crippen LogP contribution in [0, 0.1) is 34.0 Å². The number of Topliss-reactive ketones (excluding diaryl/α,β-unsaturated/α-hetero) is 1. The van der Waals surface area contributed by atoms with Gasteiger partial charge in [0.25, 0.3) is 0 Å². The highest BCUT2D eigenvalue weighted by Gasteiger charge is 2.64. The minimum absolute atomic E-state index is 0.0633. The van der Waals surface area contributed by atoms with Crippen LogP contribution in [0.15, 0.2) is 11.1 Å². The van der Waals surface area contributed by atoms with E-state index in [4.69, 9.17) is 4.74 Å². The fourth-order valence-electron chi connectivity index (χ4n) is 8.27. The molecular formula is C25H38O3. The van der Waals surface area contributed by atoms with Crippen molar-refractivity contribution in [1.82, 2.24) is 0 Å². The number of hydrogen-bond acceptors (Lipinski definition) is 3. The van der Waals surface area contributed by atoms with Crippen LogP contribution in [0.5, 0.6) is 0 Å². The molecule has 3 saturated carbocycles. The summed E-state index contributed by atoms with van der Waals surface area (Å²) in [7, 11) is 0. The van der Waals surface area contributed by atoms with Gasteiger partial charge in [0.1, 0.15) is 11.9 Å². The average molecular weight is 387 g/mol. The Morgan fingerprint density at radius 1 is 0.929 bits per heavy atom. The molecule has 0 bridgehead atoms. The van der Waals surface area contributed by atoms with E-state index in [-0.39, 0.29) is 28.3 Å². The number of ether oxygens (including phenoxy) is 1. The number of ketones is 1. The molecule has 0 radical (unpaired) electrons. The molecule has 0 aromatic carbocycles. The third kappa shape index (κ3) is 2.60. The highest BCUT2D eigenvalue weighted by atomic mass is 16.5. The molecule has 0 saturated heterocycles. The summed E-state index contributed by atoms with van der Waals surface area (Å²) in [5.74, 6) is 2.34. The van der Waals surface area contributed by atoms with Crippen LogP contribution in [0.1, 0.15) is 92.9 Å². The van der Waals surface area contributed by atoms with Crippen LogP contribution in [0.4, 0.5) is 0 Å². The van der Waals surface area contributed by atoms with Gasteiger partial charge in [-0.3, -0.25) is 9.59 Å². The summed E-state index contributed by atoms with van der Waals surface area (Å²) in [4.78, 5) is 24.1. The number of carbonyl (C=O) groups excluding carboxylic acids is 2. The maximum absolute atomic E-state index is 12.6. The van der Waals surface area contributed by atoms with Gasteiger partial charge in [0.15, 0.2) is 0 Å². The van der Waals surface area contributed by atoms with Crippen molar-refractivity contribution in [3.05, 3.63) is 11.1 Å². The molecule has 4 aliphatic rings. The van der Waals surface area contributed by atoms with E-state index in [2.05, 4.69) is 27.7 Å². The van der Waals surface area contributed by atoms with E-state index < -0.39 is 0 Å². The molecule has 3 fully saturated rings. The summed E-state index contributed by atoms with van der Waals surface area (Å²) in [6.07, 6.45) is 8.99. The molecule has 0 amide bonds. The molecule has 4 aliphatic carbocycles. The smallest absolute Gasteiger partial charge is 0.302 e. The second-order valence-corrected chi connectivity index (χ2v) is 11.1. The molecule has 0 N–H and O–H groups in total. The summed E-state index contributed by atoms with van der Waals surface area (Å²) >= 11 is 0. The minimum atomic E-state index is -0.150. The van der Waals surface area contributed by atoms with Gasteiger partial charge in [0, 0.05) is 18.8 Å². The van der Waals surface area contributed by atoms with Gasteiger partial charge in [0.2, 0.25) is 0 Å². The maximum Gasteiger partial charge on any atom is 0.302 e. The fraction of sp³-hybridized carbons (Fsp3) is 0.840. The zero-order valence-electron chi connectivity index (χ0n) is 18.7. The first-order chi connectivity index (χ1) is 13.0. The molecule has 3 nitrogen and oxygen atoms in total. The summed E-state index contributed by atoms with van der Waals surface area (Å²) < 4.78 is 5.60. The van der Waals surface area contributed by atoms with Crippen LogP contribution in [0.2, 0.25) is 0 Å². The van der Waals surface area contributed by atoms with E-state index in [1.807, 2.05) is 6.92 Å². The zero-order chi connectivity index (χ0) is 20.5. The second kappa shape index (κ2) is 6.44. The van der Waals surface area contributed by atoms with Crippen LogP contribution >= 0.6 is 0 Å². The quantitative estimate of drug-likeness (QED) is 0.440. The normalized spacial score (nSPS) is 47.8. The van der Waals surface area contributed by atoms with Crippen molar-refractivity contribution in [2.45, 2.75) is 99.0 Å². The largest absolute Gasteiger partial charge is 0.462 e. The lowest BCUT2D eigenvalue weighted by Crippen LogP contribution is -2.53. The lowest BCUT2D eigenvalue weighted by Gasteiger charge is -2.60. The number of fused-ring (bicyclic) bond motifs is 5. The van der Waals surface area contributed by atoms with Crippen molar-refractivity contribution in [3.63, 3.8) is 0 Å². The molecule has 3 heteroatoms. The van der Waals surface area contributed by atoms with Gasteiger partial charge in [-0.05, 0) is 87.4 Å². The molecule has 156 valence electrons. The van der Waals surface area contributed by atoms with Crippen molar-refractivity contribution in [2.24, 2.45) is 34.0 Å². The second-order valence-electron chi connectivity index (χ2n) is 11.1. The van der Waals surface area contributed by atoms with Gasteiger partial charge in [-0.15, -0.1) is 0 Å². The van der Waals surface area contributed by atoms with Crippen LogP contribution < -0.4 is 0 Å². The first kappa shape index (κ1) is 20.2. The minimum Gasteiger partial charge on any atom is -0.462 e. The Labute approximate surface area is 170 Å². The van der Waals surface area contributed by atoms with E-state index in [1.165, 1.54) is 32.6 Å². The first-order valence-electron chi connectivity index (χ1n) is 11.4. The molecule has 7 atom stereocenters. The maximum atomic E-state index is 12.6. The van der Waals surface area contributed by atoms with Crippen LogP contribution in [-0.4, -0.2) is 17.9 Å². The van der Waals surface area contributed by atoms with E-state index in [9.17, 15) is 9.59 Å². The number of rotatable bonds is 2. The van der Waals surface area contributed by atoms with E-state index in [0.717, 1.165) is 31.6 Å². The third-order valence-electron chi connectivity index (χ3n) is 10.1. The Bertz CT molecular complexity index is 736. The molecule has 0 aliphatic heterocycles. The van der Waals surface area contributed by atoms with Gasteiger partial charge in [-0.1, -0.05) is 31.9 Å². The predicted octanol–water partition coefficient (Wildman–Crippen LogP) is 5.87. The highest BCUT2D eigenvalue weighted by Crippen LogP contribution is 2.70. The summed E-state index contributed by atoms with van der Waals surface area (Å²) in [6.45, 7) is 12.8. The van der Waals surface area contributed by atoms with Crippen LogP contribution in [-0.2, 0) is 14.3 Å². The Morgan fingerprint density at radius 2 is 1.61 bits per heavy atom. The molecular weight excluding hydrogens is 348 g/mol. The van der Waals surface area contributed by atoms with E-state index in [1.54, 1.807) is 11.1 Å². The molecule has 4 rings (SSSR count). The van der Waals surface area contributed by atoms with E-state index >= 15 is 0 Å². The Hall–Kier alpha value is -1.12. The average Bonchev–Trinajstić information content (AvgIpc) is 2.89. The van der Waals surface area contributed by atoms with Gasteiger partial charge in [-0.2, -0.15) is 0 Å². The molecule has 28 heavy (non-hydrogen) atoms. The molecule has 0 spiro atoms. The summed E-state index contributed by atoms with van der Waals surface area (Å²) in [5, 5.41) is 0. The summed E-state index contributed by atoms with van der Waals surface area (Å²) in [5.41, 5.74) is 3.39. The molecule has 0 heterocycles. The van der Waals surface area contributed by atoms with Crippen LogP contribution in [0.25, 0.3) is 0 Å². The predicted molar refractivity (Wildman–Crippen MR) is 111 cm³/mol. The SMILES string of the molecule is CC(=O)OC1CCC2(C)C(=C(C)CC3C2CCC2(C)C3CCC2(C)C(C)=O)C1. The zero-order valence-corrected chi connectivity index (χ0v) is 18.7. The Balaban J connectivity index is 1.66. The Morgan fingerprint density at radius 3 is 2.25 bits per heavy atom. The molecule has 0 aromatic rings. The van der Waals surface area contributed by atoms with Crippen LogP contribution in [0.3, 0.4) is 0 Å². The summed E-state index contributed by atoms with van der Waals surface area (Å²) in [6, 6.07) is 0. The van der Waals surface area contributed by atoms with Crippen molar-refractivity contribution in [3.8, 4) is 0 Å². The monoisotopic (exact) mass is 386 g/mol. The van der Waals surface area contributed by atoms with Gasteiger partial charge >= 0.3 is 5.97 Å². The molecule has 7 unspecified atom stereocenters. The third-order valence-corrected chi connectivity index (χ3v) is 10.1. The lowest BCUT2D eigenvalue weighted by molar-refractivity contribution is -0.149. The topological polar surface area (TPSA) is 43.4 Å². The van der Waals surface area contributed by atoms with Gasteiger partial charge in [-0.25, -0.2) is 0 Å². The standard InChI is InChI=1S/C25H38O3/c1-15-13-19-20(23(4)10-7-18(14-22(15)23)28-17(3)27)8-12-25(6)21(19)9-11-24(25,5)16(2)26/h18-21H,7-14H2,1-6H3. The van der Waals surface area contributed by atoms with Gasteiger partial charge < -0.3 is 4.74 Å². The Kier molecular flexibility index (Phi) is 4.64. The number of carbonyl (C=O) groups is 2. The fourth-order valence-corrected chi connectivity index (χ4v) is 8.27. The van der Waals surface area contributed by atoms with Gasteiger partial charge in [0.05, 0.1) is 0 Å². The number of hydrogen-bond donors (Lipinski definition) is 0. The first-order valence-corrected chi connectivity index (χ1v) is 11.4. The molecule has 0 aromatic heterocycles. The van der Waals surface area contributed by atoms with Crippen molar-refractivity contribution in [2.75, 3.05) is 0 Å². The van der Waals surface area contributed by atoms with Crippen molar-refractivity contribution >= 4 is 11.8 Å². The number of allylic oxidation sites excluding steroid dienone is 1. The van der Waals surface area contributed by atoms with Crippen molar-refractivity contribution < 1.29 is 14.3 Å². The van der Waals surface area contributed by atoms with Crippen molar-refractivity contribution in [1.29, 1.82) is 0 Å².